The van der Waals surface area contributed by atoms with Gasteiger partial charge in [-0.1, -0.05) is 6.92 Å². The number of carbonyl (C=O) groups is 1. The highest BCUT2D eigenvalue weighted by atomic mass is 16.5. The first kappa shape index (κ1) is 11.9. The predicted octanol–water partition coefficient (Wildman–Crippen LogP) is 0.799. The molecule has 3 N–H and O–H groups in total. The zero-order chi connectivity index (χ0) is 11.8. The van der Waals surface area contributed by atoms with Crippen molar-refractivity contribution in [1.82, 2.24) is 5.32 Å². The van der Waals surface area contributed by atoms with Gasteiger partial charge < -0.3 is 15.8 Å². The minimum Gasteiger partial charge on any atom is -0.377 e. The molecule has 16 heavy (non-hydrogen) atoms. The zero-order valence-electron chi connectivity index (χ0n) is 10.2. The molecule has 1 aliphatic heterocycles. The third-order valence-electron chi connectivity index (χ3n) is 4.41. The molecule has 0 aromatic rings. The van der Waals surface area contributed by atoms with E-state index in [2.05, 4.69) is 12.2 Å². The molecule has 1 amide bonds. The maximum Gasteiger partial charge on any atom is 0.238 e. The van der Waals surface area contributed by atoms with Crippen LogP contribution in [0.5, 0.6) is 0 Å². The van der Waals surface area contributed by atoms with E-state index in [9.17, 15) is 4.79 Å². The van der Waals surface area contributed by atoms with Crippen molar-refractivity contribution >= 4 is 5.91 Å². The Hall–Kier alpha value is -0.610. The fraction of sp³-hybridized carbons (Fsp3) is 0.917. The molecule has 1 saturated carbocycles. The molecule has 2 fully saturated rings. The van der Waals surface area contributed by atoms with Gasteiger partial charge in [-0.25, -0.2) is 0 Å². The molecule has 0 spiro atoms. The van der Waals surface area contributed by atoms with Crippen LogP contribution >= 0.6 is 0 Å². The quantitative estimate of drug-likeness (QED) is 0.728. The van der Waals surface area contributed by atoms with Crippen molar-refractivity contribution < 1.29 is 9.53 Å². The van der Waals surface area contributed by atoms with Gasteiger partial charge in [0.05, 0.1) is 6.10 Å². The zero-order valence-corrected chi connectivity index (χ0v) is 10.2. The molecule has 2 unspecified atom stereocenters. The summed E-state index contributed by atoms with van der Waals surface area (Å²) in [5.74, 6) is -0.245. The van der Waals surface area contributed by atoms with E-state index in [1.807, 2.05) is 6.92 Å². The molecule has 2 rings (SSSR count). The summed E-state index contributed by atoms with van der Waals surface area (Å²) < 4.78 is 5.55. The Bertz CT molecular complexity index is 283. The van der Waals surface area contributed by atoms with Crippen LogP contribution in [0.25, 0.3) is 0 Å². The van der Waals surface area contributed by atoms with Crippen molar-refractivity contribution in [2.45, 2.75) is 51.2 Å². The van der Waals surface area contributed by atoms with Gasteiger partial charge in [0.15, 0.2) is 0 Å². The number of carbonyl (C=O) groups excluding carboxylic acids is 1. The van der Waals surface area contributed by atoms with E-state index in [-0.39, 0.29) is 17.4 Å². The number of amides is 1. The SMILES string of the molecule is CC1(C(C)(NCC2CCCO2)C(N)=O)CC1. The lowest BCUT2D eigenvalue weighted by atomic mass is 9.83. The van der Waals surface area contributed by atoms with E-state index in [0.717, 1.165) is 38.8 Å². The first-order valence-electron chi connectivity index (χ1n) is 6.14. The van der Waals surface area contributed by atoms with E-state index in [1.165, 1.54) is 0 Å². The number of nitrogens with one attached hydrogen (secondary N) is 1. The Balaban J connectivity index is 1.95. The number of nitrogens with two attached hydrogens (primary N) is 1. The first-order valence-corrected chi connectivity index (χ1v) is 6.14. The van der Waals surface area contributed by atoms with Gasteiger partial charge in [0.25, 0.3) is 0 Å². The predicted molar refractivity (Wildman–Crippen MR) is 61.9 cm³/mol. The molecule has 2 atom stereocenters. The number of hydrogen-bond acceptors (Lipinski definition) is 3. The maximum absolute atomic E-state index is 11.6. The van der Waals surface area contributed by atoms with Crippen molar-refractivity contribution in [3.63, 3.8) is 0 Å². The minimum absolute atomic E-state index is 0.0391. The summed E-state index contributed by atoms with van der Waals surface area (Å²) in [6.45, 7) is 5.63. The average Bonchev–Trinajstić information content (AvgIpc) is 2.82. The second-order valence-corrected chi connectivity index (χ2v) is 5.57. The normalized spacial score (nSPS) is 31.0. The fourth-order valence-corrected chi connectivity index (χ4v) is 2.41. The molecule has 0 bridgehead atoms. The molecule has 92 valence electrons. The Morgan fingerprint density at radius 3 is 2.75 bits per heavy atom. The molecule has 0 aromatic carbocycles. The summed E-state index contributed by atoms with van der Waals surface area (Å²) in [5, 5.41) is 3.34. The van der Waals surface area contributed by atoms with Gasteiger partial charge in [0, 0.05) is 13.2 Å². The average molecular weight is 226 g/mol. The number of primary amides is 1. The van der Waals surface area contributed by atoms with Gasteiger partial charge in [-0.05, 0) is 38.0 Å². The highest BCUT2D eigenvalue weighted by molar-refractivity contribution is 5.85. The third-order valence-corrected chi connectivity index (χ3v) is 4.41. The van der Waals surface area contributed by atoms with Crippen molar-refractivity contribution in [1.29, 1.82) is 0 Å². The van der Waals surface area contributed by atoms with E-state index in [4.69, 9.17) is 10.5 Å². The van der Waals surface area contributed by atoms with Crippen LogP contribution in [0.4, 0.5) is 0 Å². The van der Waals surface area contributed by atoms with Crippen molar-refractivity contribution in [2.75, 3.05) is 13.2 Å². The van der Waals surface area contributed by atoms with Gasteiger partial charge in [-0.15, -0.1) is 0 Å². The maximum atomic E-state index is 11.6. The Morgan fingerprint density at radius 2 is 2.31 bits per heavy atom. The Labute approximate surface area is 96.9 Å². The molecule has 1 aliphatic carbocycles. The lowest BCUT2D eigenvalue weighted by Crippen LogP contribution is -2.60. The summed E-state index contributed by atoms with van der Waals surface area (Å²) in [7, 11) is 0. The minimum atomic E-state index is -0.584. The van der Waals surface area contributed by atoms with E-state index in [0.29, 0.717) is 0 Å². The van der Waals surface area contributed by atoms with Crippen molar-refractivity contribution in [3.8, 4) is 0 Å². The number of ether oxygens (including phenoxy) is 1. The largest absolute Gasteiger partial charge is 0.377 e. The molecule has 1 heterocycles. The van der Waals surface area contributed by atoms with E-state index in [1.54, 1.807) is 0 Å². The summed E-state index contributed by atoms with van der Waals surface area (Å²) >= 11 is 0. The van der Waals surface area contributed by atoms with Crippen LogP contribution in [0.3, 0.4) is 0 Å². The van der Waals surface area contributed by atoms with Crippen LogP contribution in [-0.2, 0) is 9.53 Å². The highest BCUT2D eigenvalue weighted by Gasteiger charge is 2.56. The standard InChI is InChI=1S/C12H22N2O2/c1-11(5-6-11)12(2,10(13)15)14-8-9-4-3-7-16-9/h9,14H,3-8H2,1-2H3,(H2,13,15). The second kappa shape index (κ2) is 4.00. The van der Waals surface area contributed by atoms with Crippen LogP contribution < -0.4 is 11.1 Å². The Morgan fingerprint density at radius 1 is 1.62 bits per heavy atom. The molecular formula is C12H22N2O2. The molecule has 4 heteroatoms. The lowest BCUT2D eigenvalue weighted by molar-refractivity contribution is -0.126. The summed E-state index contributed by atoms with van der Waals surface area (Å²) in [6.07, 6.45) is 4.60. The lowest BCUT2D eigenvalue weighted by Gasteiger charge is -2.35. The van der Waals surface area contributed by atoms with Crippen LogP contribution in [-0.4, -0.2) is 30.7 Å². The van der Waals surface area contributed by atoms with Gasteiger partial charge in [0.2, 0.25) is 5.91 Å². The third kappa shape index (κ3) is 1.96. The summed E-state index contributed by atoms with van der Waals surface area (Å²) in [6, 6.07) is 0. The van der Waals surface area contributed by atoms with Crippen molar-refractivity contribution in [2.24, 2.45) is 11.1 Å². The molecule has 4 nitrogen and oxygen atoms in total. The molecular weight excluding hydrogens is 204 g/mol. The van der Waals surface area contributed by atoms with Crippen LogP contribution in [0, 0.1) is 5.41 Å². The van der Waals surface area contributed by atoms with Crippen LogP contribution in [0.2, 0.25) is 0 Å². The molecule has 0 aromatic heterocycles. The van der Waals surface area contributed by atoms with E-state index >= 15 is 0 Å². The van der Waals surface area contributed by atoms with Crippen LogP contribution in [0.15, 0.2) is 0 Å². The molecule has 2 aliphatic rings. The summed E-state index contributed by atoms with van der Waals surface area (Å²) in [4.78, 5) is 11.6. The van der Waals surface area contributed by atoms with Gasteiger partial charge in [-0.2, -0.15) is 0 Å². The first-order chi connectivity index (χ1) is 7.48. The van der Waals surface area contributed by atoms with Gasteiger partial charge in [-0.3, -0.25) is 4.79 Å². The second-order valence-electron chi connectivity index (χ2n) is 5.57. The smallest absolute Gasteiger partial charge is 0.238 e. The topological polar surface area (TPSA) is 64.3 Å². The van der Waals surface area contributed by atoms with E-state index < -0.39 is 5.54 Å². The van der Waals surface area contributed by atoms with Gasteiger partial charge in [0.1, 0.15) is 5.54 Å². The fourth-order valence-electron chi connectivity index (χ4n) is 2.41. The van der Waals surface area contributed by atoms with Crippen molar-refractivity contribution in [3.05, 3.63) is 0 Å². The summed E-state index contributed by atoms with van der Waals surface area (Å²) in [5.41, 5.74) is 4.99. The van der Waals surface area contributed by atoms with Crippen LogP contribution in [0.1, 0.15) is 39.5 Å². The molecule has 0 radical (unpaired) electrons. The highest BCUT2D eigenvalue weighted by Crippen LogP contribution is 2.53. The Kier molecular flexibility index (Phi) is 2.97. The monoisotopic (exact) mass is 226 g/mol. The number of rotatable bonds is 5. The number of hydrogen-bond donors (Lipinski definition) is 2. The molecule has 1 saturated heterocycles. The van der Waals surface area contributed by atoms with Gasteiger partial charge >= 0.3 is 0 Å².